The third-order valence-corrected chi connectivity index (χ3v) is 5.25. The molecule has 5 nitrogen and oxygen atoms in total. The molecule has 2 aromatic rings. The van der Waals surface area contributed by atoms with Crippen molar-refractivity contribution in [3.8, 4) is 0 Å². The Morgan fingerprint density at radius 1 is 1.31 bits per heavy atom. The van der Waals surface area contributed by atoms with Gasteiger partial charge in [0.05, 0.1) is 12.1 Å². The highest BCUT2D eigenvalue weighted by molar-refractivity contribution is 5.92. The Hall–Kier alpha value is -2.18. The first-order valence-electron chi connectivity index (χ1n) is 9.07. The van der Waals surface area contributed by atoms with E-state index in [-0.39, 0.29) is 17.8 Å². The number of carbonyl (C=O) groups is 1. The lowest BCUT2D eigenvalue weighted by Crippen LogP contribution is -2.37. The molecular formula is C20H26FN3O2. The van der Waals surface area contributed by atoms with Gasteiger partial charge in [-0.15, -0.1) is 0 Å². The van der Waals surface area contributed by atoms with Gasteiger partial charge in [0, 0.05) is 31.9 Å². The second-order valence-corrected chi connectivity index (χ2v) is 6.83. The van der Waals surface area contributed by atoms with Crippen molar-refractivity contribution < 1.29 is 14.3 Å². The van der Waals surface area contributed by atoms with Gasteiger partial charge in [0.1, 0.15) is 11.5 Å². The summed E-state index contributed by atoms with van der Waals surface area (Å²) in [7, 11) is 3.51. The van der Waals surface area contributed by atoms with E-state index < -0.39 is 6.10 Å². The summed E-state index contributed by atoms with van der Waals surface area (Å²) in [5, 5.41) is 13.2. The standard InChI is InChI=1S/C20H26FN3O2/c1-22-20(26)18-11-10-16(23(18)2)17-9-5-6-12-24(17)13-19(25)14-7-3-4-8-15(14)21/h3-4,7-8,10-11,17,19,25H,5-6,9,12-13H2,1-2H3,(H,22,26)/t17-,19-/m0/s1. The Balaban J connectivity index is 1.82. The average molecular weight is 359 g/mol. The van der Waals surface area contributed by atoms with E-state index in [9.17, 15) is 14.3 Å². The fraction of sp³-hybridized carbons (Fsp3) is 0.450. The molecule has 1 aromatic carbocycles. The fourth-order valence-corrected chi connectivity index (χ4v) is 3.83. The number of nitrogens with zero attached hydrogens (tertiary/aromatic N) is 2. The zero-order valence-corrected chi connectivity index (χ0v) is 15.3. The van der Waals surface area contributed by atoms with Crippen LogP contribution in [0.5, 0.6) is 0 Å². The van der Waals surface area contributed by atoms with E-state index >= 15 is 0 Å². The number of aliphatic hydroxyl groups excluding tert-OH is 1. The summed E-state index contributed by atoms with van der Waals surface area (Å²) >= 11 is 0. The Bertz CT molecular complexity index is 774. The Morgan fingerprint density at radius 3 is 2.81 bits per heavy atom. The molecule has 2 atom stereocenters. The SMILES string of the molecule is CNC(=O)c1ccc([C@@H]2CCCCN2C[C@H](O)c2ccccc2F)n1C. The summed E-state index contributed by atoms with van der Waals surface area (Å²) in [6.45, 7) is 1.21. The molecule has 1 amide bonds. The average Bonchev–Trinajstić information content (AvgIpc) is 3.03. The highest BCUT2D eigenvalue weighted by Crippen LogP contribution is 2.33. The van der Waals surface area contributed by atoms with Crippen LogP contribution in [0.25, 0.3) is 0 Å². The van der Waals surface area contributed by atoms with E-state index in [1.54, 1.807) is 25.2 Å². The van der Waals surface area contributed by atoms with Crippen molar-refractivity contribution in [2.75, 3.05) is 20.1 Å². The van der Waals surface area contributed by atoms with Gasteiger partial charge in [-0.3, -0.25) is 9.69 Å². The number of aliphatic hydroxyl groups is 1. The molecule has 0 aliphatic carbocycles. The van der Waals surface area contributed by atoms with Crippen molar-refractivity contribution >= 4 is 5.91 Å². The summed E-state index contributed by atoms with van der Waals surface area (Å²) in [4.78, 5) is 14.2. The van der Waals surface area contributed by atoms with Gasteiger partial charge in [0.15, 0.2) is 0 Å². The molecule has 0 spiro atoms. The van der Waals surface area contributed by atoms with Gasteiger partial charge in [0.25, 0.3) is 5.91 Å². The lowest BCUT2D eigenvalue weighted by Gasteiger charge is -2.37. The zero-order valence-electron chi connectivity index (χ0n) is 15.3. The number of halogens is 1. The van der Waals surface area contributed by atoms with Crippen molar-refractivity contribution in [2.24, 2.45) is 7.05 Å². The van der Waals surface area contributed by atoms with Gasteiger partial charge in [-0.2, -0.15) is 0 Å². The van der Waals surface area contributed by atoms with Crippen molar-refractivity contribution in [2.45, 2.75) is 31.4 Å². The fourth-order valence-electron chi connectivity index (χ4n) is 3.83. The number of carbonyl (C=O) groups excluding carboxylic acids is 1. The van der Waals surface area contributed by atoms with Crippen LogP contribution in [0.1, 0.15) is 53.2 Å². The molecule has 0 bridgehead atoms. The maximum absolute atomic E-state index is 14.0. The minimum Gasteiger partial charge on any atom is -0.387 e. The predicted octanol–water partition coefficient (Wildman–Crippen LogP) is 2.78. The molecule has 2 heterocycles. The first kappa shape index (κ1) is 18.6. The second-order valence-electron chi connectivity index (χ2n) is 6.83. The number of aromatic nitrogens is 1. The summed E-state index contributed by atoms with van der Waals surface area (Å²) in [6, 6.07) is 10.3. The minimum absolute atomic E-state index is 0.105. The first-order chi connectivity index (χ1) is 12.5. The molecule has 0 saturated carbocycles. The van der Waals surface area contributed by atoms with E-state index in [0.717, 1.165) is 31.5 Å². The molecule has 1 aromatic heterocycles. The second kappa shape index (κ2) is 8.01. The van der Waals surface area contributed by atoms with Crippen LogP contribution in [0.3, 0.4) is 0 Å². The normalized spacial score (nSPS) is 19.3. The number of β-amino-alcohol motifs (C(OH)–C–C–N with tert-alkyl or cyclic N) is 1. The van der Waals surface area contributed by atoms with Gasteiger partial charge in [-0.25, -0.2) is 4.39 Å². The van der Waals surface area contributed by atoms with Gasteiger partial charge < -0.3 is 15.0 Å². The van der Waals surface area contributed by atoms with Crippen LogP contribution in [0, 0.1) is 5.82 Å². The molecule has 0 unspecified atom stereocenters. The van der Waals surface area contributed by atoms with Gasteiger partial charge >= 0.3 is 0 Å². The number of amides is 1. The van der Waals surface area contributed by atoms with Crippen LogP contribution in [0.15, 0.2) is 36.4 Å². The highest BCUT2D eigenvalue weighted by atomic mass is 19.1. The van der Waals surface area contributed by atoms with Crippen molar-refractivity contribution in [3.05, 3.63) is 59.2 Å². The monoisotopic (exact) mass is 359 g/mol. The minimum atomic E-state index is -0.879. The molecule has 1 aliphatic rings. The number of likely N-dealkylation sites (tertiary alicyclic amines) is 1. The summed E-state index contributed by atoms with van der Waals surface area (Å²) in [5.74, 6) is -0.498. The number of nitrogens with one attached hydrogen (secondary N) is 1. The molecule has 1 fully saturated rings. The largest absolute Gasteiger partial charge is 0.387 e. The summed E-state index contributed by atoms with van der Waals surface area (Å²) in [6.07, 6.45) is 2.22. The molecule has 2 N–H and O–H groups in total. The lowest BCUT2D eigenvalue weighted by atomic mass is 9.97. The summed E-state index contributed by atoms with van der Waals surface area (Å²) in [5.41, 5.74) is 1.99. The number of piperidine rings is 1. The maximum Gasteiger partial charge on any atom is 0.267 e. The van der Waals surface area contributed by atoms with E-state index in [0.29, 0.717) is 17.8 Å². The van der Waals surface area contributed by atoms with E-state index in [4.69, 9.17) is 0 Å². The predicted molar refractivity (Wildman–Crippen MR) is 98.3 cm³/mol. The summed E-state index contributed by atoms with van der Waals surface area (Å²) < 4.78 is 15.9. The van der Waals surface area contributed by atoms with Crippen molar-refractivity contribution in [3.63, 3.8) is 0 Å². The number of benzene rings is 1. The van der Waals surface area contributed by atoms with E-state index in [1.165, 1.54) is 6.07 Å². The molecule has 1 saturated heterocycles. The number of hydrogen-bond acceptors (Lipinski definition) is 3. The van der Waals surface area contributed by atoms with E-state index in [2.05, 4.69) is 10.2 Å². The molecule has 6 heteroatoms. The van der Waals surface area contributed by atoms with Crippen LogP contribution in [0.4, 0.5) is 4.39 Å². The molecule has 3 rings (SSSR count). The highest BCUT2D eigenvalue weighted by Gasteiger charge is 2.29. The van der Waals surface area contributed by atoms with Gasteiger partial charge in [-0.1, -0.05) is 24.6 Å². The van der Waals surface area contributed by atoms with Crippen LogP contribution >= 0.6 is 0 Å². The number of hydrogen-bond donors (Lipinski definition) is 2. The molecular weight excluding hydrogens is 333 g/mol. The molecule has 140 valence electrons. The Kier molecular flexibility index (Phi) is 5.74. The van der Waals surface area contributed by atoms with Gasteiger partial charge in [-0.05, 0) is 37.6 Å². The molecule has 0 radical (unpaired) electrons. The Morgan fingerprint density at radius 2 is 2.08 bits per heavy atom. The van der Waals surface area contributed by atoms with Crippen molar-refractivity contribution in [1.29, 1.82) is 0 Å². The lowest BCUT2D eigenvalue weighted by molar-refractivity contribution is 0.0623. The number of rotatable bonds is 5. The van der Waals surface area contributed by atoms with Gasteiger partial charge in [0.2, 0.25) is 0 Å². The van der Waals surface area contributed by atoms with Crippen LogP contribution in [0.2, 0.25) is 0 Å². The van der Waals surface area contributed by atoms with Crippen molar-refractivity contribution in [1.82, 2.24) is 14.8 Å². The quantitative estimate of drug-likeness (QED) is 0.863. The first-order valence-corrected chi connectivity index (χ1v) is 9.07. The zero-order chi connectivity index (χ0) is 18.7. The van der Waals surface area contributed by atoms with E-state index in [1.807, 2.05) is 23.7 Å². The molecule has 1 aliphatic heterocycles. The van der Waals surface area contributed by atoms with Crippen LogP contribution in [-0.2, 0) is 7.05 Å². The molecule has 26 heavy (non-hydrogen) atoms. The van der Waals surface area contributed by atoms with Crippen LogP contribution in [-0.4, -0.2) is 40.6 Å². The maximum atomic E-state index is 14.0. The third-order valence-electron chi connectivity index (χ3n) is 5.25. The topological polar surface area (TPSA) is 57.5 Å². The van der Waals surface area contributed by atoms with Crippen LogP contribution < -0.4 is 5.32 Å². The third kappa shape index (κ3) is 3.66. The smallest absolute Gasteiger partial charge is 0.267 e. The Labute approximate surface area is 153 Å².